The monoisotopic (exact) mass is 364 g/mol. The van der Waals surface area contributed by atoms with Crippen LogP contribution in [0.1, 0.15) is 25.3 Å². The maximum Gasteiger partial charge on any atom is 0.191 e. The van der Waals surface area contributed by atoms with Gasteiger partial charge in [-0.25, -0.2) is 4.99 Å². The van der Waals surface area contributed by atoms with Crippen LogP contribution >= 0.6 is 0 Å². The van der Waals surface area contributed by atoms with Gasteiger partial charge in [-0.2, -0.15) is 0 Å². The van der Waals surface area contributed by atoms with Gasteiger partial charge in [0.05, 0.1) is 20.3 Å². The molecule has 0 aromatic heterocycles. The fraction of sp³-hybridized carbons (Fsp3) is 0.632. The van der Waals surface area contributed by atoms with E-state index in [1.807, 2.05) is 13.0 Å². The molecule has 1 aromatic carbocycles. The quantitative estimate of drug-likeness (QED) is 0.480. The summed E-state index contributed by atoms with van der Waals surface area (Å²) in [6.45, 7) is 7.15. The topological polar surface area (TPSA) is 78.4 Å². The van der Waals surface area contributed by atoms with Gasteiger partial charge in [-0.3, -0.25) is 0 Å². The number of nitrogens with one attached hydrogen (secondary N) is 2. The number of ether oxygens (including phenoxy) is 2. The number of methoxy groups -OCH3 is 2. The van der Waals surface area contributed by atoms with E-state index in [1.165, 1.54) is 0 Å². The van der Waals surface area contributed by atoms with Crippen LogP contribution in [0.4, 0.5) is 0 Å². The Morgan fingerprint density at radius 2 is 2.08 bits per heavy atom. The molecule has 26 heavy (non-hydrogen) atoms. The van der Waals surface area contributed by atoms with E-state index in [0.717, 1.165) is 62.9 Å². The van der Waals surface area contributed by atoms with E-state index < -0.39 is 0 Å². The standard InChI is InChI=1S/C19H32N4O3/c1-4-20-19(21-14-15-13-17(26-3)5-6-18(15)24)22-16-7-9-23(10-8-16)11-12-25-2/h5-6,13,16,24H,4,7-12,14H2,1-3H3,(H2,20,21,22). The zero-order valence-corrected chi connectivity index (χ0v) is 16.1. The number of nitrogens with zero attached hydrogens (tertiary/aromatic N) is 2. The second kappa shape index (κ2) is 10.9. The molecule has 0 unspecified atom stereocenters. The second-order valence-corrected chi connectivity index (χ2v) is 6.44. The maximum atomic E-state index is 10.0. The molecule has 1 heterocycles. The van der Waals surface area contributed by atoms with Gasteiger partial charge in [-0.15, -0.1) is 0 Å². The summed E-state index contributed by atoms with van der Waals surface area (Å²) in [7, 11) is 3.36. The van der Waals surface area contributed by atoms with Crippen molar-refractivity contribution in [2.45, 2.75) is 32.4 Å². The van der Waals surface area contributed by atoms with Crippen molar-refractivity contribution in [2.75, 3.05) is 47.0 Å². The van der Waals surface area contributed by atoms with Crippen molar-refractivity contribution in [3.8, 4) is 11.5 Å². The van der Waals surface area contributed by atoms with Gasteiger partial charge < -0.3 is 30.1 Å². The first-order valence-electron chi connectivity index (χ1n) is 9.28. The van der Waals surface area contributed by atoms with Crippen LogP contribution in [0.25, 0.3) is 0 Å². The van der Waals surface area contributed by atoms with Crippen LogP contribution in [0, 0.1) is 0 Å². The molecular weight excluding hydrogens is 332 g/mol. The number of piperidine rings is 1. The van der Waals surface area contributed by atoms with Crippen molar-refractivity contribution in [1.82, 2.24) is 15.5 Å². The normalized spacial score (nSPS) is 16.5. The average molecular weight is 364 g/mol. The molecule has 0 saturated carbocycles. The predicted molar refractivity (Wildman–Crippen MR) is 104 cm³/mol. The Labute approximate surface area is 156 Å². The van der Waals surface area contributed by atoms with Crippen molar-refractivity contribution in [3.63, 3.8) is 0 Å². The zero-order chi connectivity index (χ0) is 18.8. The van der Waals surface area contributed by atoms with Gasteiger partial charge in [-0.1, -0.05) is 0 Å². The second-order valence-electron chi connectivity index (χ2n) is 6.44. The molecule has 1 aromatic rings. The number of benzene rings is 1. The van der Waals surface area contributed by atoms with E-state index in [2.05, 4.69) is 20.5 Å². The molecule has 1 fully saturated rings. The molecule has 0 radical (unpaired) electrons. The summed E-state index contributed by atoms with van der Waals surface area (Å²) in [6, 6.07) is 5.60. The van der Waals surface area contributed by atoms with E-state index in [9.17, 15) is 5.11 Å². The molecule has 0 atom stereocenters. The number of aliphatic imine (C=N–C) groups is 1. The number of likely N-dealkylation sites (tertiary alicyclic amines) is 1. The summed E-state index contributed by atoms with van der Waals surface area (Å²) in [4.78, 5) is 7.06. The number of phenolic OH excluding ortho intramolecular Hbond substituents is 1. The van der Waals surface area contributed by atoms with Gasteiger partial charge in [0.15, 0.2) is 5.96 Å². The highest BCUT2D eigenvalue weighted by Gasteiger charge is 2.19. The minimum Gasteiger partial charge on any atom is -0.508 e. The van der Waals surface area contributed by atoms with Crippen LogP contribution in [-0.4, -0.2) is 69.0 Å². The van der Waals surface area contributed by atoms with Crippen molar-refractivity contribution < 1.29 is 14.6 Å². The Morgan fingerprint density at radius 3 is 2.73 bits per heavy atom. The van der Waals surface area contributed by atoms with E-state index in [4.69, 9.17) is 9.47 Å². The molecule has 0 spiro atoms. The van der Waals surface area contributed by atoms with Crippen LogP contribution in [-0.2, 0) is 11.3 Å². The zero-order valence-electron chi connectivity index (χ0n) is 16.1. The summed E-state index contributed by atoms with van der Waals surface area (Å²) in [5.41, 5.74) is 0.746. The summed E-state index contributed by atoms with van der Waals surface area (Å²) < 4.78 is 10.4. The molecule has 0 amide bonds. The van der Waals surface area contributed by atoms with Gasteiger partial charge >= 0.3 is 0 Å². The van der Waals surface area contributed by atoms with Gasteiger partial charge in [-0.05, 0) is 38.0 Å². The van der Waals surface area contributed by atoms with E-state index in [1.54, 1.807) is 26.4 Å². The molecule has 0 bridgehead atoms. The molecule has 146 valence electrons. The Hall–Kier alpha value is -1.99. The highest BCUT2D eigenvalue weighted by molar-refractivity contribution is 5.80. The summed E-state index contributed by atoms with van der Waals surface area (Å²) in [6.07, 6.45) is 2.16. The lowest BCUT2D eigenvalue weighted by atomic mass is 10.1. The molecule has 1 aliphatic rings. The molecule has 1 aliphatic heterocycles. The molecule has 2 rings (SSSR count). The maximum absolute atomic E-state index is 10.0. The smallest absolute Gasteiger partial charge is 0.191 e. The lowest BCUT2D eigenvalue weighted by Crippen LogP contribution is -2.49. The SMILES string of the molecule is CCNC(=NCc1cc(OC)ccc1O)NC1CCN(CCOC)CC1. The number of guanidine groups is 1. The Kier molecular flexibility index (Phi) is 8.50. The number of hydrogen-bond acceptors (Lipinski definition) is 5. The molecule has 7 nitrogen and oxygen atoms in total. The number of phenols is 1. The first-order valence-corrected chi connectivity index (χ1v) is 9.28. The Balaban J connectivity index is 1.91. The average Bonchev–Trinajstić information content (AvgIpc) is 2.66. The Bertz CT molecular complexity index is 572. The van der Waals surface area contributed by atoms with Gasteiger partial charge in [0.2, 0.25) is 0 Å². The van der Waals surface area contributed by atoms with Crippen LogP contribution in [0.3, 0.4) is 0 Å². The summed E-state index contributed by atoms with van der Waals surface area (Å²) >= 11 is 0. The first kappa shape index (κ1) is 20.3. The minimum atomic E-state index is 0.233. The molecule has 7 heteroatoms. The predicted octanol–water partition coefficient (Wildman–Crippen LogP) is 1.57. The minimum absolute atomic E-state index is 0.233. The van der Waals surface area contributed by atoms with Crippen molar-refractivity contribution in [2.24, 2.45) is 4.99 Å². The van der Waals surface area contributed by atoms with Gasteiger partial charge in [0.1, 0.15) is 11.5 Å². The van der Waals surface area contributed by atoms with E-state index in [0.29, 0.717) is 12.6 Å². The lowest BCUT2D eigenvalue weighted by molar-refractivity contribution is 0.128. The molecule has 0 aliphatic carbocycles. The fourth-order valence-corrected chi connectivity index (χ4v) is 3.01. The van der Waals surface area contributed by atoms with E-state index >= 15 is 0 Å². The molecular formula is C19H32N4O3. The van der Waals surface area contributed by atoms with E-state index in [-0.39, 0.29) is 5.75 Å². The van der Waals surface area contributed by atoms with Crippen molar-refractivity contribution in [1.29, 1.82) is 0 Å². The first-order chi connectivity index (χ1) is 12.7. The van der Waals surface area contributed by atoms with Crippen molar-refractivity contribution >= 4 is 5.96 Å². The van der Waals surface area contributed by atoms with Crippen LogP contribution in [0.15, 0.2) is 23.2 Å². The summed E-state index contributed by atoms with van der Waals surface area (Å²) in [5.74, 6) is 1.73. The molecule has 1 saturated heterocycles. The third-order valence-electron chi connectivity index (χ3n) is 4.58. The van der Waals surface area contributed by atoms with Crippen molar-refractivity contribution in [3.05, 3.63) is 23.8 Å². The third kappa shape index (κ3) is 6.38. The third-order valence-corrected chi connectivity index (χ3v) is 4.58. The van der Waals surface area contributed by atoms with Crippen LogP contribution in [0.5, 0.6) is 11.5 Å². The largest absolute Gasteiger partial charge is 0.508 e. The summed E-state index contributed by atoms with van der Waals surface area (Å²) in [5, 5.41) is 16.8. The fourth-order valence-electron chi connectivity index (χ4n) is 3.01. The van der Waals surface area contributed by atoms with Gasteiger partial charge in [0.25, 0.3) is 0 Å². The number of aromatic hydroxyl groups is 1. The lowest BCUT2D eigenvalue weighted by Gasteiger charge is -2.32. The highest BCUT2D eigenvalue weighted by atomic mass is 16.5. The number of rotatable bonds is 8. The molecule has 3 N–H and O–H groups in total. The van der Waals surface area contributed by atoms with Crippen LogP contribution in [0.2, 0.25) is 0 Å². The van der Waals surface area contributed by atoms with Gasteiger partial charge in [0, 0.05) is 44.9 Å². The number of hydrogen-bond donors (Lipinski definition) is 3. The van der Waals surface area contributed by atoms with Crippen LogP contribution < -0.4 is 15.4 Å². The highest BCUT2D eigenvalue weighted by Crippen LogP contribution is 2.23. The Morgan fingerprint density at radius 1 is 1.31 bits per heavy atom.